The number of aromatic nitrogens is 1. The third-order valence-corrected chi connectivity index (χ3v) is 4.07. The highest BCUT2D eigenvalue weighted by molar-refractivity contribution is 5.99. The van der Waals surface area contributed by atoms with Crippen LogP contribution >= 0.6 is 0 Å². The monoisotopic (exact) mass is 326 g/mol. The van der Waals surface area contributed by atoms with Crippen molar-refractivity contribution in [3.05, 3.63) is 53.2 Å². The minimum atomic E-state index is -0.0845. The van der Waals surface area contributed by atoms with Gasteiger partial charge in [0.2, 0.25) is 5.89 Å². The van der Waals surface area contributed by atoms with E-state index in [0.717, 1.165) is 11.3 Å². The summed E-state index contributed by atoms with van der Waals surface area (Å²) in [6.45, 7) is 7.11. The largest absolute Gasteiger partial charge is 0.488 e. The molecule has 0 aliphatic carbocycles. The summed E-state index contributed by atoms with van der Waals surface area (Å²) in [5.41, 5.74) is 2.83. The van der Waals surface area contributed by atoms with Crippen LogP contribution in [0.15, 0.2) is 40.6 Å². The Morgan fingerprint density at radius 3 is 2.79 bits per heavy atom. The number of hydrogen-bond acceptors (Lipinski definition) is 4. The van der Waals surface area contributed by atoms with Crippen molar-refractivity contribution in [2.24, 2.45) is 0 Å². The lowest BCUT2D eigenvalue weighted by atomic mass is 9.86. The highest BCUT2D eigenvalue weighted by Gasteiger charge is 2.23. The number of fused-ring (bicyclic) bond motifs is 1. The van der Waals surface area contributed by atoms with Gasteiger partial charge in [0.25, 0.3) is 5.91 Å². The van der Waals surface area contributed by atoms with Crippen LogP contribution in [0.1, 0.15) is 37.8 Å². The van der Waals surface area contributed by atoms with Crippen LogP contribution < -0.4 is 4.74 Å². The average Bonchev–Trinajstić information content (AvgIpc) is 3.05. The highest BCUT2D eigenvalue weighted by atomic mass is 16.5. The Balaban J connectivity index is 1.79. The van der Waals surface area contributed by atoms with E-state index in [-0.39, 0.29) is 17.9 Å². The van der Waals surface area contributed by atoms with E-state index in [2.05, 4.69) is 37.9 Å². The predicted octanol–water partition coefficient (Wildman–Crippen LogP) is 3.41. The Morgan fingerprint density at radius 1 is 1.33 bits per heavy atom. The number of amides is 1. The van der Waals surface area contributed by atoms with Crippen molar-refractivity contribution in [3.63, 3.8) is 0 Å². The molecule has 0 N–H and O–H groups in total. The van der Waals surface area contributed by atoms with Gasteiger partial charge in [-0.2, -0.15) is 0 Å². The SMILES string of the molecule is CN(Cc1ncco1)C(=O)C1=Cc2ccc(C(C)(C)C)cc2OC1. The van der Waals surface area contributed by atoms with Gasteiger partial charge in [0.15, 0.2) is 0 Å². The average molecular weight is 326 g/mol. The fourth-order valence-corrected chi connectivity index (χ4v) is 2.60. The van der Waals surface area contributed by atoms with Gasteiger partial charge in [-0.05, 0) is 23.1 Å². The second-order valence-electron chi connectivity index (χ2n) is 7.05. The van der Waals surface area contributed by atoms with Crippen LogP contribution in [0.5, 0.6) is 5.75 Å². The maximum atomic E-state index is 12.6. The molecular formula is C19H22N2O3. The second kappa shape index (κ2) is 6.15. The van der Waals surface area contributed by atoms with Gasteiger partial charge in [-0.25, -0.2) is 4.98 Å². The van der Waals surface area contributed by atoms with Gasteiger partial charge in [0, 0.05) is 12.6 Å². The number of benzene rings is 1. The molecule has 0 saturated carbocycles. The van der Waals surface area contributed by atoms with Crippen LogP contribution in [0.2, 0.25) is 0 Å². The van der Waals surface area contributed by atoms with Gasteiger partial charge in [-0.15, -0.1) is 0 Å². The maximum absolute atomic E-state index is 12.6. The van der Waals surface area contributed by atoms with E-state index < -0.39 is 0 Å². The molecule has 0 fully saturated rings. The molecule has 0 spiro atoms. The van der Waals surface area contributed by atoms with Crippen LogP contribution in [0.3, 0.4) is 0 Å². The number of carbonyl (C=O) groups is 1. The van der Waals surface area contributed by atoms with E-state index in [4.69, 9.17) is 9.15 Å². The van der Waals surface area contributed by atoms with E-state index in [1.807, 2.05) is 12.1 Å². The minimum Gasteiger partial charge on any atom is -0.488 e. The number of nitrogens with zero attached hydrogens (tertiary/aromatic N) is 2. The fraction of sp³-hybridized carbons (Fsp3) is 0.368. The summed E-state index contributed by atoms with van der Waals surface area (Å²) in [5, 5.41) is 0. The molecule has 0 saturated heterocycles. The Kier molecular flexibility index (Phi) is 4.18. The van der Waals surface area contributed by atoms with Gasteiger partial charge in [-0.3, -0.25) is 4.79 Å². The molecule has 1 amide bonds. The van der Waals surface area contributed by atoms with Crippen LogP contribution in [-0.2, 0) is 16.8 Å². The molecule has 126 valence electrons. The van der Waals surface area contributed by atoms with Gasteiger partial charge in [0.1, 0.15) is 18.6 Å². The van der Waals surface area contributed by atoms with Crippen LogP contribution in [0.4, 0.5) is 0 Å². The first-order valence-corrected chi connectivity index (χ1v) is 7.96. The lowest BCUT2D eigenvalue weighted by Gasteiger charge is -2.24. The zero-order valence-electron chi connectivity index (χ0n) is 14.5. The second-order valence-corrected chi connectivity index (χ2v) is 7.05. The molecule has 1 aliphatic rings. The van der Waals surface area contributed by atoms with Crippen molar-refractivity contribution in [2.75, 3.05) is 13.7 Å². The fourth-order valence-electron chi connectivity index (χ4n) is 2.60. The molecule has 24 heavy (non-hydrogen) atoms. The Hall–Kier alpha value is -2.56. The van der Waals surface area contributed by atoms with Gasteiger partial charge in [0.05, 0.1) is 18.3 Å². The van der Waals surface area contributed by atoms with Gasteiger partial charge in [-0.1, -0.05) is 32.9 Å². The molecule has 5 nitrogen and oxygen atoms in total. The predicted molar refractivity (Wildman–Crippen MR) is 91.6 cm³/mol. The Labute approximate surface area is 141 Å². The number of likely N-dealkylation sites (N-methyl/N-ethyl adjacent to an activating group) is 1. The first kappa shape index (κ1) is 16.3. The van der Waals surface area contributed by atoms with Gasteiger partial charge < -0.3 is 14.1 Å². The van der Waals surface area contributed by atoms with Crippen molar-refractivity contribution in [1.82, 2.24) is 9.88 Å². The number of ether oxygens (including phenoxy) is 1. The molecule has 1 aromatic carbocycles. The molecule has 5 heteroatoms. The van der Waals surface area contributed by atoms with Crippen molar-refractivity contribution in [2.45, 2.75) is 32.7 Å². The quantitative estimate of drug-likeness (QED) is 0.867. The van der Waals surface area contributed by atoms with Crippen molar-refractivity contribution in [3.8, 4) is 5.75 Å². The lowest BCUT2D eigenvalue weighted by molar-refractivity contribution is -0.127. The van der Waals surface area contributed by atoms with Gasteiger partial charge >= 0.3 is 0 Å². The molecule has 0 atom stereocenters. The van der Waals surface area contributed by atoms with E-state index in [1.165, 1.54) is 11.8 Å². The van der Waals surface area contributed by atoms with E-state index in [9.17, 15) is 4.79 Å². The first-order chi connectivity index (χ1) is 11.3. The number of rotatable bonds is 3. The van der Waals surface area contributed by atoms with Crippen molar-refractivity contribution >= 4 is 12.0 Å². The highest BCUT2D eigenvalue weighted by Crippen LogP contribution is 2.32. The van der Waals surface area contributed by atoms with E-state index in [1.54, 1.807) is 18.1 Å². The summed E-state index contributed by atoms with van der Waals surface area (Å²) in [5.74, 6) is 1.26. The number of oxazole rings is 1. The minimum absolute atomic E-state index is 0.0639. The summed E-state index contributed by atoms with van der Waals surface area (Å²) in [6, 6.07) is 6.16. The zero-order chi connectivity index (χ0) is 17.3. The summed E-state index contributed by atoms with van der Waals surface area (Å²) in [7, 11) is 1.73. The van der Waals surface area contributed by atoms with Crippen LogP contribution in [0.25, 0.3) is 6.08 Å². The maximum Gasteiger partial charge on any atom is 0.253 e. The van der Waals surface area contributed by atoms with Crippen LogP contribution in [0, 0.1) is 0 Å². The van der Waals surface area contributed by atoms with Crippen molar-refractivity contribution < 1.29 is 13.9 Å². The molecule has 3 rings (SSSR count). The number of hydrogen-bond donors (Lipinski definition) is 0. The topological polar surface area (TPSA) is 55.6 Å². The zero-order valence-corrected chi connectivity index (χ0v) is 14.5. The smallest absolute Gasteiger partial charge is 0.253 e. The molecule has 0 unspecified atom stereocenters. The molecule has 1 aromatic heterocycles. The molecule has 2 heterocycles. The number of carbonyl (C=O) groups excluding carboxylic acids is 1. The molecule has 0 bridgehead atoms. The standard InChI is InChI=1S/C19H22N2O3/c1-19(2,3)15-6-5-13-9-14(12-24-16(13)10-15)18(22)21(4)11-17-20-7-8-23-17/h5-10H,11-12H2,1-4H3. The summed E-state index contributed by atoms with van der Waals surface area (Å²) >= 11 is 0. The molecule has 0 radical (unpaired) electrons. The molecule has 1 aliphatic heterocycles. The van der Waals surface area contributed by atoms with Crippen LogP contribution in [-0.4, -0.2) is 29.4 Å². The normalized spacial score (nSPS) is 13.8. The van der Waals surface area contributed by atoms with Crippen molar-refractivity contribution in [1.29, 1.82) is 0 Å². The molecular weight excluding hydrogens is 304 g/mol. The Bertz CT molecular complexity index is 770. The lowest BCUT2D eigenvalue weighted by Crippen LogP contribution is -2.30. The summed E-state index contributed by atoms with van der Waals surface area (Å²) in [6.07, 6.45) is 4.97. The first-order valence-electron chi connectivity index (χ1n) is 7.96. The molecule has 2 aromatic rings. The van der Waals surface area contributed by atoms with E-state index >= 15 is 0 Å². The summed E-state index contributed by atoms with van der Waals surface area (Å²) in [4.78, 5) is 18.2. The summed E-state index contributed by atoms with van der Waals surface area (Å²) < 4.78 is 11.0. The Morgan fingerprint density at radius 2 is 2.12 bits per heavy atom. The third-order valence-electron chi connectivity index (χ3n) is 4.07. The van der Waals surface area contributed by atoms with E-state index in [0.29, 0.717) is 18.0 Å². The third kappa shape index (κ3) is 3.35.